The SMILES string of the molecule is C=C[C@@H]1N2C(O)C(NC(=O)OC(C)(C)C)[C@H]2SC1(C)C. The van der Waals surface area contributed by atoms with Gasteiger partial charge in [-0.05, 0) is 34.6 Å². The summed E-state index contributed by atoms with van der Waals surface area (Å²) in [5.41, 5.74) is -0.537. The van der Waals surface area contributed by atoms with E-state index in [2.05, 4.69) is 25.7 Å². The first-order valence-corrected chi connectivity index (χ1v) is 7.70. The Labute approximate surface area is 124 Å². The molecule has 5 nitrogen and oxygen atoms in total. The van der Waals surface area contributed by atoms with Gasteiger partial charge in [-0.3, -0.25) is 4.90 Å². The van der Waals surface area contributed by atoms with Gasteiger partial charge in [-0.2, -0.15) is 0 Å². The van der Waals surface area contributed by atoms with Crippen LogP contribution >= 0.6 is 11.8 Å². The van der Waals surface area contributed by atoms with Crippen LogP contribution in [0.15, 0.2) is 12.7 Å². The Kier molecular flexibility index (Phi) is 3.86. The van der Waals surface area contributed by atoms with Crippen LogP contribution < -0.4 is 5.32 Å². The number of carbonyl (C=O) groups excluding carboxylic acids is 1. The van der Waals surface area contributed by atoms with E-state index in [1.54, 1.807) is 11.8 Å². The van der Waals surface area contributed by atoms with Crippen molar-refractivity contribution < 1.29 is 14.6 Å². The predicted molar refractivity (Wildman–Crippen MR) is 80.4 cm³/mol. The lowest BCUT2D eigenvalue weighted by molar-refractivity contribution is -0.126. The highest BCUT2D eigenvalue weighted by Gasteiger charge is 2.61. The normalized spacial score (nSPS) is 35.9. The number of amides is 1. The monoisotopic (exact) mass is 300 g/mol. The van der Waals surface area contributed by atoms with Crippen molar-refractivity contribution in [2.75, 3.05) is 0 Å². The molecule has 0 aromatic carbocycles. The second-order valence-electron chi connectivity index (χ2n) is 6.83. The van der Waals surface area contributed by atoms with Crippen molar-refractivity contribution in [3.63, 3.8) is 0 Å². The minimum atomic E-state index is -0.690. The molecule has 20 heavy (non-hydrogen) atoms. The predicted octanol–water partition coefficient (Wildman–Crippen LogP) is 1.92. The second-order valence-corrected chi connectivity index (χ2v) is 8.60. The fourth-order valence-electron chi connectivity index (χ4n) is 2.76. The summed E-state index contributed by atoms with van der Waals surface area (Å²) >= 11 is 1.75. The molecule has 0 aliphatic carbocycles. The number of aliphatic hydroxyl groups excluding tert-OH is 1. The molecule has 0 saturated carbocycles. The van der Waals surface area contributed by atoms with E-state index in [-0.39, 0.29) is 22.2 Å². The van der Waals surface area contributed by atoms with E-state index in [0.717, 1.165) is 0 Å². The van der Waals surface area contributed by atoms with Gasteiger partial charge < -0.3 is 15.2 Å². The Morgan fingerprint density at radius 2 is 2.10 bits per heavy atom. The fraction of sp³-hybridized carbons (Fsp3) is 0.786. The maximum Gasteiger partial charge on any atom is 0.408 e. The fourth-order valence-corrected chi connectivity index (χ4v) is 4.47. The first kappa shape index (κ1) is 15.7. The van der Waals surface area contributed by atoms with E-state index in [1.165, 1.54) is 0 Å². The van der Waals surface area contributed by atoms with Crippen molar-refractivity contribution >= 4 is 17.9 Å². The summed E-state index contributed by atoms with van der Waals surface area (Å²) in [6.07, 6.45) is 0.686. The maximum absolute atomic E-state index is 11.8. The second kappa shape index (κ2) is 4.93. The summed E-state index contributed by atoms with van der Waals surface area (Å²) in [5.74, 6) is 0. The molecule has 0 bridgehead atoms. The van der Waals surface area contributed by atoms with Gasteiger partial charge in [0.1, 0.15) is 11.8 Å². The Bertz CT molecular complexity index is 419. The molecule has 0 radical (unpaired) electrons. The lowest BCUT2D eigenvalue weighted by Gasteiger charge is -2.49. The molecule has 114 valence electrons. The van der Waals surface area contributed by atoms with Crippen molar-refractivity contribution in [3.8, 4) is 0 Å². The number of nitrogens with zero attached hydrogens (tertiary/aromatic N) is 1. The largest absolute Gasteiger partial charge is 0.444 e. The zero-order valence-corrected chi connectivity index (χ0v) is 13.5. The average Bonchev–Trinajstić information content (AvgIpc) is 2.52. The molecule has 2 heterocycles. The van der Waals surface area contributed by atoms with Gasteiger partial charge in [0.05, 0.1) is 11.4 Å². The highest BCUT2D eigenvalue weighted by molar-refractivity contribution is 8.01. The molecule has 2 N–H and O–H groups in total. The summed E-state index contributed by atoms with van der Waals surface area (Å²) in [5, 5.41) is 13.1. The number of hydrogen-bond acceptors (Lipinski definition) is 5. The minimum Gasteiger partial charge on any atom is -0.444 e. The van der Waals surface area contributed by atoms with Gasteiger partial charge in [0.25, 0.3) is 0 Å². The molecule has 1 amide bonds. The third kappa shape index (κ3) is 2.69. The highest BCUT2D eigenvalue weighted by Crippen LogP contribution is 2.52. The highest BCUT2D eigenvalue weighted by atomic mass is 32.2. The molecule has 2 unspecified atom stereocenters. The third-order valence-electron chi connectivity index (χ3n) is 3.59. The Morgan fingerprint density at radius 3 is 2.60 bits per heavy atom. The van der Waals surface area contributed by atoms with Crippen LogP contribution in [0.5, 0.6) is 0 Å². The molecule has 0 aromatic heterocycles. The van der Waals surface area contributed by atoms with Crippen LogP contribution in [0, 0.1) is 0 Å². The molecule has 2 aliphatic heterocycles. The van der Waals surface area contributed by atoms with E-state index in [1.807, 2.05) is 31.7 Å². The van der Waals surface area contributed by atoms with Crippen LogP contribution in [0.3, 0.4) is 0 Å². The van der Waals surface area contributed by atoms with Crippen molar-refractivity contribution in [1.29, 1.82) is 0 Å². The van der Waals surface area contributed by atoms with Gasteiger partial charge in [0.15, 0.2) is 0 Å². The van der Waals surface area contributed by atoms with E-state index < -0.39 is 17.9 Å². The van der Waals surface area contributed by atoms with Gasteiger partial charge in [0, 0.05) is 10.8 Å². The first-order chi connectivity index (χ1) is 9.07. The molecule has 6 heteroatoms. The van der Waals surface area contributed by atoms with Gasteiger partial charge in [-0.1, -0.05) is 6.08 Å². The van der Waals surface area contributed by atoms with Crippen LogP contribution in [-0.4, -0.2) is 50.1 Å². The number of hydrogen-bond donors (Lipinski definition) is 2. The smallest absolute Gasteiger partial charge is 0.408 e. The van der Waals surface area contributed by atoms with E-state index >= 15 is 0 Å². The number of carbonyl (C=O) groups is 1. The number of rotatable bonds is 2. The molecule has 0 spiro atoms. The molecule has 2 aliphatic rings. The van der Waals surface area contributed by atoms with Crippen LogP contribution in [-0.2, 0) is 4.74 Å². The van der Waals surface area contributed by atoms with Gasteiger partial charge >= 0.3 is 6.09 Å². The van der Waals surface area contributed by atoms with E-state index in [9.17, 15) is 9.90 Å². The lowest BCUT2D eigenvalue weighted by atomic mass is 9.95. The standard InChI is InChI=1S/C14H24N2O3S/c1-7-8-14(5,6)20-11-9(10(17)16(8)11)15-12(18)19-13(2,3)4/h7-11,17H,1H2,2-6H3,(H,15,18)/t8-,9?,10?,11+/m0/s1. The molecule has 2 saturated heterocycles. The molecule has 2 rings (SSSR count). The topological polar surface area (TPSA) is 61.8 Å². The molecule has 2 fully saturated rings. The van der Waals surface area contributed by atoms with Crippen molar-refractivity contribution in [3.05, 3.63) is 12.7 Å². The summed E-state index contributed by atoms with van der Waals surface area (Å²) < 4.78 is 5.21. The van der Waals surface area contributed by atoms with E-state index in [0.29, 0.717) is 0 Å². The van der Waals surface area contributed by atoms with Crippen LogP contribution in [0.1, 0.15) is 34.6 Å². The van der Waals surface area contributed by atoms with Crippen LogP contribution in [0.25, 0.3) is 0 Å². The molecule has 0 aromatic rings. The molecule has 4 atom stereocenters. The van der Waals surface area contributed by atoms with Gasteiger partial charge in [-0.25, -0.2) is 4.79 Å². The van der Waals surface area contributed by atoms with Crippen LogP contribution in [0.2, 0.25) is 0 Å². The number of aliphatic hydroxyl groups is 1. The zero-order chi connectivity index (χ0) is 15.3. The quantitative estimate of drug-likeness (QED) is 0.763. The number of fused-ring (bicyclic) bond motifs is 1. The number of ether oxygens (including phenoxy) is 1. The van der Waals surface area contributed by atoms with Crippen molar-refractivity contribution in [2.24, 2.45) is 0 Å². The number of alkyl carbamates (subject to hydrolysis) is 1. The van der Waals surface area contributed by atoms with Crippen LogP contribution in [0.4, 0.5) is 4.79 Å². The Morgan fingerprint density at radius 1 is 1.50 bits per heavy atom. The van der Waals surface area contributed by atoms with E-state index in [4.69, 9.17) is 4.74 Å². The lowest BCUT2D eigenvalue weighted by Crippen LogP contribution is -2.72. The Hall–Kier alpha value is -0.720. The van der Waals surface area contributed by atoms with Gasteiger partial charge in [-0.15, -0.1) is 18.3 Å². The molecular formula is C14H24N2O3S. The Balaban J connectivity index is 2.01. The van der Waals surface area contributed by atoms with Gasteiger partial charge in [0.2, 0.25) is 0 Å². The number of thioether (sulfide) groups is 1. The summed E-state index contributed by atoms with van der Waals surface area (Å²) in [6, 6.07) is -0.205. The van der Waals surface area contributed by atoms with Crippen molar-refractivity contribution in [1.82, 2.24) is 10.2 Å². The van der Waals surface area contributed by atoms with Crippen molar-refractivity contribution in [2.45, 2.75) is 68.7 Å². The summed E-state index contributed by atoms with van der Waals surface area (Å²) in [4.78, 5) is 13.8. The zero-order valence-electron chi connectivity index (χ0n) is 12.7. The first-order valence-electron chi connectivity index (χ1n) is 6.82. The molecular weight excluding hydrogens is 276 g/mol. The summed E-state index contributed by atoms with van der Waals surface area (Å²) in [7, 11) is 0. The summed E-state index contributed by atoms with van der Waals surface area (Å²) in [6.45, 7) is 13.5. The number of nitrogens with one attached hydrogen (secondary N) is 1. The minimum absolute atomic E-state index is 0.0300. The average molecular weight is 300 g/mol. The third-order valence-corrected chi connectivity index (χ3v) is 5.22. The maximum atomic E-state index is 11.8.